The first-order valence-corrected chi connectivity index (χ1v) is 3.88. The zero-order chi connectivity index (χ0) is 8.24. The van der Waals surface area contributed by atoms with Crippen LogP contribution in [0.25, 0.3) is 0 Å². The van der Waals surface area contributed by atoms with Crippen LogP contribution in [0.3, 0.4) is 0 Å². The van der Waals surface area contributed by atoms with Crippen molar-refractivity contribution in [3.05, 3.63) is 0 Å². The Morgan fingerprint density at radius 1 is 1.10 bits per heavy atom. The van der Waals surface area contributed by atoms with Gasteiger partial charge in [0.05, 0.1) is 0 Å². The molecule has 0 aliphatic heterocycles. The van der Waals surface area contributed by atoms with E-state index in [1.54, 1.807) is 0 Å². The molecule has 10 heavy (non-hydrogen) atoms. The Bertz CT molecular complexity index is 36.6. The molecule has 0 spiro atoms. The highest BCUT2D eigenvalue weighted by molar-refractivity contribution is 6.13. The molecule has 0 aromatic heterocycles. The van der Waals surface area contributed by atoms with E-state index in [4.69, 9.17) is 0 Å². The summed E-state index contributed by atoms with van der Waals surface area (Å²) in [6.45, 7) is 6.85. The third-order valence-electron chi connectivity index (χ3n) is 0.890. The van der Waals surface area contributed by atoms with Gasteiger partial charge in [0.25, 0.3) is 0 Å². The molecule has 0 aliphatic carbocycles. The van der Waals surface area contributed by atoms with Gasteiger partial charge in [-0.05, 0) is 6.42 Å². The van der Waals surface area contributed by atoms with Gasteiger partial charge in [-0.15, -0.1) is 0 Å². The summed E-state index contributed by atoms with van der Waals surface area (Å²) in [6, 6.07) is 0. The fourth-order valence-corrected chi connectivity index (χ4v) is 0.166. The molecule has 2 nitrogen and oxygen atoms in total. The molecule has 0 N–H and O–H groups in total. The molecular formula is C7H17BO2-. The van der Waals surface area contributed by atoms with Crippen molar-refractivity contribution in [3.8, 4) is 0 Å². The van der Waals surface area contributed by atoms with Crippen molar-refractivity contribution in [2.75, 3.05) is 6.61 Å². The van der Waals surface area contributed by atoms with Crippen LogP contribution in [0.4, 0.5) is 0 Å². The number of unbranched alkanes of at least 4 members (excludes halogenated alkanes) is 1. The Hall–Kier alpha value is -0.0151. The van der Waals surface area contributed by atoms with Gasteiger partial charge in [0.15, 0.2) is 7.69 Å². The lowest BCUT2D eigenvalue weighted by atomic mass is 10.4. The molecule has 0 aromatic rings. The van der Waals surface area contributed by atoms with Gasteiger partial charge in [0.1, 0.15) is 0 Å². The summed E-state index contributed by atoms with van der Waals surface area (Å²) in [4.78, 5) is 0. The van der Waals surface area contributed by atoms with Crippen molar-refractivity contribution in [2.45, 2.75) is 40.0 Å². The van der Waals surface area contributed by atoms with Crippen LogP contribution in [0, 0.1) is 0 Å². The summed E-state index contributed by atoms with van der Waals surface area (Å²) < 4.78 is 4.30. The molecule has 0 fully saturated rings. The monoisotopic (exact) mass is 144 g/mol. The lowest BCUT2D eigenvalue weighted by Crippen LogP contribution is -2.15. The molecule has 61 valence electrons. The highest BCUT2D eigenvalue weighted by Crippen LogP contribution is 1.76. The second-order valence-electron chi connectivity index (χ2n) is 1.97. The van der Waals surface area contributed by atoms with Gasteiger partial charge in [0, 0.05) is 6.61 Å². The van der Waals surface area contributed by atoms with Gasteiger partial charge in [-0.3, -0.25) is 0 Å². The summed E-state index contributed by atoms with van der Waals surface area (Å²) in [5.74, 6) is 0. The maximum atomic E-state index is 9.34. The first-order valence-electron chi connectivity index (χ1n) is 3.88. The predicted molar refractivity (Wildman–Crippen MR) is 42.6 cm³/mol. The van der Waals surface area contributed by atoms with E-state index >= 15 is 0 Å². The SMILES string of the molecule is CCCC.CCCO[B][O-]. The van der Waals surface area contributed by atoms with Gasteiger partial charge in [0.2, 0.25) is 0 Å². The van der Waals surface area contributed by atoms with Crippen LogP contribution in [0.5, 0.6) is 0 Å². The Balaban J connectivity index is 0. The lowest BCUT2D eigenvalue weighted by molar-refractivity contribution is -0.206. The number of rotatable bonds is 4. The Kier molecular flexibility index (Phi) is 20.2. The third kappa shape index (κ3) is 24.5. The molecule has 1 radical (unpaired) electrons. The Labute approximate surface area is 64.9 Å². The van der Waals surface area contributed by atoms with Crippen molar-refractivity contribution >= 4 is 7.69 Å². The van der Waals surface area contributed by atoms with E-state index in [0.717, 1.165) is 6.42 Å². The van der Waals surface area contributed by atoms with Crippen molar-refractivity contribution in [3.63, 3.8) is 0 Å². The molecule has 0 rings (SSSR count). The average Bonchev–Trinajstić information content (AvgIpc) is 2.01. The molecule has 0 saturated heterocycles. The zero-order valence-corrected chi connectivity index (χ0v) is 7.22. The van der Waals surface area contributed by atoms with Crippen LogP contribution >= 0.6 is 0 Å². The summed E-state index contributed by atoms with van der Waals surface area (Å²) >= 11 is 0. The van der Waals surface area contributed by atoms with Gasteiger partial charge < -0.3 is 9.68 Å². The number of hydrogen-bond acceptors (Lipinski definition) is 2. The fraction of sp³-hybridized carbons (Fsp3) is 1.00. The van der Waals surface area contributed by atoms with Crippen LogP contribution in [0.15, 0.2) is 0 Å². The standard InChI is InChI=1S/C4H10.C3H7BO2/c1-3-4-2;1-2-3-6-4-5/h3-4H2,1-2H3;2-3H2,1H3/q;-1. The largest absolute Gasteiger partial charge is 0.861 e. The maximum absolute atomic E-state index is 9.34. The molecule has 0 aliphatic rings. The molecule has 0 amide bonds. The highest BCUT2D eigenvalue weighted by atomic mass is 16.5. The molecule has 0 saturated carbocycles. The Morgan fingerprint density at radius 2 is 1.60 bits per heavy atom. The molecule has 0 bridgehead atoms. The summed E-state index contributed by atoms with van der Waals surface area (Å²) in [5, 5.41) is 9.34. The molecule has 0 heterocycles. The number of hydrogen-bond donors (Lipinski definition) is 0. The molecule has 0 aromatic carbocycles. The zero-order valence-electron chi connectivity index (χ0n) is 7.22. The van der Waals surface area contributed by atoms with Gasteiger partial charge in [-0.1, -0.05) is 33.6 Å². The second kappa shape index (κ2) is 16.0. The minimum absolute atomic E-state index is 0.462. The minimum Gasteiger partial charge on any atom is -0.861 e. The average molecular weight is 144 g/mol. The molecule has 3 heteroatoms. The van der Waals surface area contributed by atoms with Crippen LogP contribution < -0.4 is 5.02 Å². The maximum Gasteiger partial charge on any atom is 0.163 e. The van der Waals surface area contributed by atoms with Gasteiger partial charge >= 0.3 is 0 Å². The second-order valence-corrected chi connectivity index (χ2v) is 1.97. The van der Waals surface area contributed by atoms with Crippen molar-refractivity contribution in [1.82, 2.24) is 0 Å². The minimum atomic E-state index is 0.462. The first kappa shape index (κ1) is 12.6. The van der Waals surface area contributed by atoms with Crippen LogP contribution in [-0.2, 0) is 4.65 Å². The van der Waals surface area contributed by atoms with Crippen molar-refractivity contribution in [1.29, 1.82) is 0 Å². The van der Waals surface area contributed by atoms with Crippen LogP contribution in [0.1, 0.15) is 40.0 Å². The van der Waals surface area contributed by atoms with Crippen molar-refractivity contribution < 1.29 is 9.68 Å². The van der Waals surface area contributed by atoms with E-state index in [0.29, 0.717) is 14.3 Å². The Morgan fingerprint density at radius 3 is 1.70 bits per heavy atom. The fourth-order valence-electron chi connectivity index (χ4n) is 0.166. The van der Waals surface area contributed by atoms with Gasteiger partial charge in [-0.2, -0.15) is 0 Å². The van der Waals surface area contributed by atoms with E-state index in [2.05, 4.69) is 18.5 Å². The smallest absolute Gasteiger partial charge is 0.163 e. The summed E-state index contributed by atoms with van der Waals surface area (Å²) in [6.07, 6.45) is 3.54. The van der Waals surface area contributed by atoms with Crippen LogP contribution in [-0.4, -0.2) is 14.3 Å². The van der Waals surface area contributed by atoms with E-state index in [1.165, 1.54) is 12.8 Å². The van der Waals surface area contributed by atoms with Crippen LogP contribution in [0.2, 0.25) is 0 Å². The van der Waals surface area contributed by atoms with E-state index < -0.39 is 0 Å². The topological polar surface area (TPSA) is 32.3 Å². The van der Waals surface area contributed by atoms with Gasteiger partial charge in [-0.25, -0.2) is 0 Å². The molecule has 0 unspecified atom stereocenters. The predicted octanol–water partition coefficient (Wildman–Crippen LogP) is 1.11. The lowest BCUT2D eigenvalue weighted by Gasteiger charge is -2.00. The molecule has 0 atom stereocenters. The summed E-state index contributed by atoms with van der Waals surface area (Å²) in [5.41, 5.74) is 0. The quantitative estimate of drug-likeness (QED) is 0.437. The van der Waals surface area contributed by atoms with E-state index in [1.807, 2.05) is 6.92 Å². The van der Waals surface area contributed by atoms with E-state index in [-0.39, 0.29) is 0 Å². The summed E-state index contributed by atoms with van der Waals surface area (Å²) in [7, 11) is 0.462. The van der Waals surface area contributed by atoms with E-state index in [9.17, 15) is 5.02 Å². The molecular weight excluding hydrogens is 127 g/mol. The van der Waals surface area contributed by atoms with Crippen molar-refractivity contribution in [2.24, 2.45) is 0 Å². The first-order chi connectivity index (χ1) is 4.83. The third-order valence-corrected chi connectivity index (χ3v) is 0.890. The highest BCUT2D eigenvalue weighted by Gasteiger charge is 1.69. The normalized spacial score (nSPS) is 8.00.